The molecule has 0 amide bonds. The van der Waals surface area contributed by atoms with Gasteiger partial charge in [0.2, 0.25) is 0 Å². The van der Waals surface area contributed by atoms with Gasteiger partial charge in [0, 0.05) is 23.9 Å². The minimum absolute atomic E-state index is 0.0503. The molecule has 0 aromatic carbocycles. The Kier molecular flexibility index (Phi) is 4.07. The molecule has 0 aliphatic heterocycles. The molecule has 20 heavy (non-hydrogen) atoms. The fourth-order valence-electron chi connectivity index (χ4n) is 3.02. The first kappa shape index (κ1) is 15.3. The van der Waals surface area contributed by atoms with Gasteiger partial charge >= 0.3 is 6.18 Å². The molecule has 3 atom stereocenters. The number of aliphatic hydroxyl groups is 1. The number of aryl methyl sites for hydroxylation is 1. The second-order valence-corrected chi connectivity index (χ2v) is 5.33. The average molecular weight is 288 g/mol. The summed E-state index contributed by atoms with van der Waals surface area (Å²) < 4.78 is 40.4. The lowest BCUT2D eigenvalue weighted by Gasteiger charge is -2.43. The van der Waals surface area contributed by atoms with Crippen molar-refractivity contribution < 1.29 is 18.3 Å². The topological polar surface area (TPSA) is 59.1 Å². The zero-order chi connectivity index (χ0) is 15.0. The largest absolute Gasteiger partial charge is 0.419 e. The zero-order valence-corrected chi connectivity index (χ0v) is 11.3. The number of fused-ring (bicyclic) bond motifs is 1. The van der Waals surface area contributed by atoms with Gasteiger partial charge in [-0.05, 0) is 37.3 Å². The van der Waals surface area contributed by atoms with E-state index in [4.69, 9.17) is 5.73 Å². The summed E-state index contributed by atoms with van der Waals surface area (Å²) in [5.74, 6) is -1.10. The number of halogens is 3. The Bertz CT molecular complexity index is 478. The molecule has 6 heteroatoms. The SMILES string of the molecule is CCC(N)C(O)(C1CCCc2cccnc21)C(F)(F)F. The van der Waals surface area contributed by atoms with Crippen molar-refractivity contribution in [3.63, 3.8) is 0 Å². The summed E-state index contributed by atoms with van der Waals surface area (Å²) in [5, 5.41) is 10.4. The van der Waals surface area contributed by atoms with Crippen molar-refractivity contribution in [1.82, 2.24) is 4.98 Å². The van der Waals surface area contributed by atoms with Crippen LogP contribution in [0.4, 0.5) is 13.2 Å². The number of nitrogens with two attached hydrogens (primary N) is 1. The van der Waals surface area contributed by atoms with Crippen molar-refractivity contribution >= 4 is 0 Å². The molecule has 3 N–H and O–H groups in total. The monoisotopic (exact) mass is 288 g/mol. The highest BCUT2D eigenvalue weighted by Crippen LogP contribution is 2.48. The van der Waals surface area contributed by atoms with Crippen molar-refractivity contribution in [3.05, 3.63) is 29.6 Å². The average Bonchev–Trinajstić information content (AvgIpc) is 2.43. The van der Waals surface area contributed by atoms with Gasteiger partial charge in [-0.1, -0.05) is 13.0 Å². The Balaban J connectivity index is 2.52. The van der Waals surface area contributed by atoms with Gasteiger partial charge in [0.15, 0.2) is 5.60 Å². The molecule has 0 spiro atoms. The number of hydrogen-bond acceptors (Lipinski definition) is 3. The molecule has 0 saturated heterocycles. The van der Waals surface area contributed by atoms with Crippen LogP contribution in [0.15, 0.2) is 18.3 Å². The van der Waals surface area contributed by atoms with Crippen molar-refractivity contribution in [2.75, 3.05) is 0 Å². The van der Waals surface area contributed by atoms with E-state index in [1.807, 2.05) is 0 Å². The second-order valence-electron chi connectivity index (χ2n) is 5.33. The van der Waals surface area contributed by atoms with Gasteiger partial charge in [-0.15, -0.1) is 0 Å². The Morgan fingerprint density at radius 2 is 2.20 bits per heavy atom. The van der Waals surface area contributed by atoms with Crippen LogP contribution in [0.3, 0.4) is 0 Å². The van der Waals surface area contributed by atoms with Crippen LogP contribution in [-0.4, -0.2) is 27.9 Å². The predicted octanol–water partition coefficient (Wildman–Crippen LogP) is 2.53. The zero-order valence-electron chi connectivity index (χ0n) is 11.3. The van der Waals surface area contributed by atoms with Gasteiger partial charge in [0.05, 0.1) is 0 Å². The first-order chi connectivity index (χ1) is 9.32. The normalized spacial score (nSPS) is 23.8. The summed E-state index contributed by atoms with van der Waals surface area (Å²) >= 11 is 0. The van der Waals surface area contributed by atoms with Crippen molar-refractivity contribution in [2.45, 2.75) is 56.3 Å². The Labute approximate surface area is 116 Å². The molecule has 1 aliphatic rings. The summed E-state index contributed by atoms with van der Waals surface area (Å²) in [6.07, 6.45) is -1.74. The summed E-state index contributed by atoms with van der Waals surface area (Å²) in [6, 6.07) is 2.11. The number of rotatable bonds is 3. The highest BCUT2D eigenvalue weighted by atomic mass is 19.4. The molecule has 1 aromatic heterocycles. The van der Waals surface area contributed by atoms with E-state index >= 15 is 0 Å². The van der Waals surface area contributed by atoms with Crippen molar-refractivity contribution in [3.8, 4) is 0 Å². The first-order valence-electron chi connectivity index (χ1n) is 6.80. The van der Waals surface area contributed by atoms with Crippen LogP contribution in [0.1, 0.15) is 43.4 Å². The lowest BCUT2D eigenvalue weighted by atomic mass is 9.71. The molecule has 2 rings (SSSR count). The molecule has 112 valence electrons. The lowest BCUT2D eigenvalue weighted by molar-refractivity contribution is -0.278. The molecule has 1 heterocycles. The molecule has 1 aromatic rings. The first-order valence-corrected chi connectivity index (χ1v) is 6.80. The van der Waals surface area contributed by atoms with Gasteiger partial charge < -0.3 is 10.8 Å². The van der Waals surface area contributed by atoms with Gasteiger partial charge in [-0.25, -0.2) is 0 Å². The number of hydrogen-bond donors (Lipinski definition) is 2. The van der Waals surface area contributed by atoms with E-state index in [9.17, 15) is 18.3 Å². The number of alkyl halides is 3. The highest BCUT2D eigenvalue weighted by Gasteiger charge is 2.62. The summed E-state index contributed by atoms with van der Waals surface area (Å²) in [6.45, 7) is 1.55. The van der Waals surface area contributed by atoms with Gasteiger partial charge in [0.25, 0.3) is 0 Å². The maximum atomic E-state index is 13.5. The third-order valence-corrected chi connectivity index (χ3v) is 4.19. The number of aromatic nitrogens is 1. The molecule has 0 bridgehead atoms. The molecule has 3 nitrogen and oxygen atoms in total. The lowest BCUT2D eigenvalue weighted by Crippen LogP contribution is -2.62. The van der Waals surface area contributed by atoms with E-state index < -0.39 is 23.7 Å². The third kappa shape index (κ3) is 2.31. The fraction of sp³-hybridized carbons (Fsp3) is 0.643. The minimum atomic E-state index is -4.78. The molecular formula is C14H19F3N2O. The maximum Gasteiger partial charge on any atom is 0.419 e. The standard InChI is InChI=1S/C14H19F3N2O/c1-2-11(18)13(20,14(15,16)17)10-7-3-5-9-6-4-8-19-12(9)10/h4,6,8,10-11,20H,2-3,5,7,18H2,1H3. The fourth-order valence-corrected chi connectivity index (χ4v) is 3.02. The van der Waals surface area contributed by atoms with Crippen LogP contribution in [-0.2, 0) is 6.42 Å². The predicted molar refractivity (Wildman–Crippen MR) is 69.2 cm³/mol. The van der Waals surface area contributed by atoms with E-state index in [2.05, 4.69) is 4.98 Å². The highest BCUT2D eigenvalue weighted by molar-refractivity contribution is 5.30. The molecular weight excluding hydrogens is 269 g/mol. The molecule has 3 unspecified atom stereocenters. The summed E-state index contributed by atoms with van der Waals surface area (Å²) in [7, 11) is 0. The van der Waals surface area contributed by atoms with Gasteiger partial charge in [-0.3, -0.25) is 4.98 Å². The number of pyridine rings is 1. The van der Waals surface area contributed by atoms with Crippen LogP contribution in [0, 0.1) is 0 Å². The van der Waals surface area contributed by atoms with Gasteiger partial charge in [-0.2, -0.15) is 13.2 Å². The van der Waals surface area contributed by atoms with E-state index in [1.54, 1.807) is 19.1 Å². The Morgan fingerprint density at radius 1 is 1.50 bits per heavy atom. The van der Waals surface area contributed by atoms with Crippen LogP contribution in [0.25, 0.3) is 0 Å². The van der Waals surface area contributed by atoms with Crippen molar-refractivity contribution in [2.24, 2.45) is 5.73 Å². The smallest absolute Gasteiger partial charge is 0.379 e. The van der Waals surface area contributed by atoms with E-state index in [-0.39, 0.29) is 12.8 Å². The summed E-state index contributed by atoms with van der Waals surface area (Å²) in [4.78, 5) is 4.08. The number of nitrogens with zero attached hydrogens (tertiary/aromatic N) is 1. The quantitative estimate of drug-likeness (QED) is 0.898. The van der Waals surface area contributed by atoms with Gasteiger partial charge in [0.1, 0.15) is 0 Å². The van der Waals surface area contributed by atoms with Crippen LogP contribution in [0.5, 0.6) is 0 Å². The van der Waals surface area contributed by atoms with Crippen LogP contribution >= 0.6 is 0 Å². The molecule has 1 aliphatic carbocycles. The third-order valence-electron chi connectivity index (χ3n) is 4.19. The van der Waals surface area contributed by atoms with E-state index in [0.717, 1.165) is 5.56 Å². The molecule has 0 radical (unpaired) electrons. The second kappa shape index (κ2) is 5.33. The van der Waals surface area contributed by atoms with E-state index in [1.165, 1.54) is 6.20 Å². The molecule has 0 saturated carbocycles. The minimum Gasteiger partial charge on any atom is -0.379 e. The van der Waals surface area contributed by atoms with E-state index in [0.29, 0.717) is 18.5 Å². The summed E-state index contributed by atoms with van der Waals surface area (Å²) in [5.41, 5.74) is 3.81. The van der Waals surface area contributed by atoms with Crippen molar-refractivity contribution in [1.29, 1.82) is 0 Å². The molecule has 0 fully saturated rings. The van der Waals surface area contributed by atoms with Crippen LogP contribution < -0.4 is 5.73 Å². The van der Waals surface area contributed by atoms with Crippen LogP contribution in [0.2, 0.25) is 0 Å². The Morgan fingerprint density at radius 3 is 2.80 bits per heavy atom. The maximum absolute atomic E-state index is 13.5. The Hall–Kier alpha value is -1.14.